The highest BCUT2D eigenvalue weighted by molar-refractivity contribution is 5.96. The fourth-order valence-corrected chi connectivity index (χ4v) is 4.42. The normalized spacial score (nSPS) is 22.4. The Morgan fingerprint density at radius 3 is 2.66 bits per heavy atom. The molecule has 0 spiro atoms. The van der Waals surface area contributed by atoms with Crippen molar-refractivity contribution in [1.82, 2.24) is 9.80 Å². The van der Waals surface area contributed by atoms with E-state index in [1.54, 1.807) is 18.0 Å². The predicted octanol–water partition coefficient (Wildman–Crippen LogP) is 3.78. The molecular weight excluding hydrogens is 485 g/mol. The summed E-state index contributed by atoms with van der Waals surface area (Å²) in [6.07, 6.45) is -7.17. The molecule has 1 N–H and O–H groups in total. The number of hydrogen-bond donors (Lipinski definition) is 1. The number of benzene rings is 1. The smallest absolute Gasteiger partial charge is 0.373 e. The van der Waals surface area contributed by atoms with Crippen molar-refractivity contribution in [3.05, 3.63) is 41.5 Å². The first-order valence-corrected chi connectivity index (χ1v) is 10.8. The number of ether oxygens (including phenoxy) is 1. The Morgan fingerprint density at radius 1 is 1.26 bits per heavy atom. The van der Waals surface area contributed by atoms with Crippen molar-refractivity contribution in [3.8, 4) is 0 Å². The van der Waals surface area contributed by atoms with Crippen LogP contribution in [0.5, 0.6) is 0 Å². The molecule has 1 aromatic rings. The maximum absolute atomic E-state index is 13.9. The van der Waals surface area contributed by atoms with Gasteiger partial charge in [0.25, 0.3) is 18.3 Å². The third-order valence-corrected chi connectivity index (χ3v) is 5.93. The Kier molecular flexibility index (Phi) is 6.64. The van der Waals surface area contributed by atoms with Crippen molar-refractivity contribution >= 4 is 23.0 Å². The van der Waals surface area contributed by atoms with Crippen LogP contribution in [0.1, 0.15) is 5.56 Å². The molecule has 3 aliphatic heterocycles. The molecule has 1 amide bonds. The van der Waals surface area contributed by atoms with Crippen LogP contribution in [0, 0.1) is 0 Å². The number of nitrogens with zero attached hydrogens (tertiary/aromatic N) is 3. The number of halogens is 7. The highest BCUT2D eigenvalue weighted by Crippen LogP contribution is 2.45. The first-order valence-electron chi connectivity index (χ1n) is 10.8. The maximum Gasteiger partial charge on any atom is 0.427 e. The summed E-state index contributed by atoms with van der Waals surface area (Å²) in [7, 11) is 1.60. The number of carbonyl (C=O) groups is 1. The summed E-state index contributed by atoms with van der Waals surface area (Å²) in [6, 6.07) is 4.34. The van der Waals surface area contributed by atoms with Crippen molar-refractivity contribution in [3.63, 3.8) is 0 Å². The van der Waals surface area contributed by atoms with E-state index in [1.807, 2.05) is 0 Å². The predicted molar refractivity (Wildman–Crippen MR) is 114 cm³/mol. The average molecular weight is 508 g/mol. The zero-order valence-corrected chi connectivity index (χ0v) is 18.6. The van der Waals surface area contributed by atoms with E-state index in [4.69, 9.17) is 4.74 Å². The quantitative estimate of drug-likeness (QED) is 0.628. The molecule has 0 aromatic heterocycles. The molecule has 3 heterocycles. The highest BCUT2D eigenvalue weighted by atomic mass is 19.4. The van der Waals surface area contributed by atoms with Gasteiger partial charge in [-0.05, 0) is 18.2 Å². The van der Waals surface area contributed by atoms with Crippen molar-refractivity contribution in [1.29, 1.82) is 0 Å². The summed E-state index contributed by atoms with van der Waals surface area (Å²) in [5.41, 5.74) is 1.02. The molecular formula is C22H23F7N4O2. The molecule has 3 aliphatic rings. The van der Waals surface area contributed by atoms with Gasteiger partial charge in [0.15, 0.2) is 6.17 Å². The van der Waals surface area contributed by atoms with E-state index in [2.05, 4.69) is 5.32 Å². The number of fused-ring (bicyclic) bond motifs is 1. The fraction of sp³-hybridized carbons (Fsp3) is 0.500. The van der Waals surface area contributed by atoms with Gasteiger partial charge >= 0.3 is 6.18 Å². The van der Waals surface area contributed by atoms with Crippen molar-refractivity contribution in [2.24, 2.45) is 0 Å². The second-order valence-electron chi connectivity index (χ2n) is 8.57. The number of alkyl halides is 7. The lowest BCUT2D eigenvalue weighted by Gasteiger charge is -2.31. The van der Waals surface area contributed by atoms with Crippen molar-refractivity contribution in [2.45, 2.75) is 24.7 Å². The topological polar surface area (TPSA) is 48.1 Å². The van der Waals surface area contributed by atoms with Gasteiger partial charge in [-0.2, -0.15) is 13.2 Å². The summed E-state index contributed by atoms with van der Waals surface area (Å²) in [6.45, 7) is -2.67. The number of para-hydroxylation sites is 1. The van der Waals surface area contributed by atoms with E-state index in [0.29, 0.717) is 16.2 Å². The number of likely N-dealkylation sites (N-methyl/N-ethyl adjacent to an activating group) is 1. The maximum atomic E-state index is 13.9. The van der Waals surface area contributed by atoms with Gasteiger partial charge in [-0.3, -0.25) is 4.79 Å². The van der Waals surface area contributed by atoms with E-state index in [1.165, 1.54) is 24.3 Å². The molecule has 0 bridgehead atoms. The molecule has 0 saturated carbocycles. The fourth-order valence-electron chi connectivity index (χ4n) is 4.42. The zero-order chi connectivity index (χ0) is 25.5. The van der Waals surface area contributed by atoms with E-state index >= 15 is 0 Å². The number of carbonyl (C=O) groups excluding carboxylic acids is 1. The van der Waals surface area contributed by atoms with Crippen molar-refractivity contribution < 1.29 is 40.3 Å². The standard InChI is InChI=1S/C22H23F7N4O2/c1-31-9-13(19(34)32-7-8-35-12-21(25,26)11-32)5-6-15(31)14-3-2-4-16-18(14)30-20(22(27,28)29)33(16)10-17(23)24/h2-6,17,20,30H,7-12H2,1H3. The van der Waals surface area contributed by atoms with Crippen LogP contribution < -0.4 is 10.2 Å². The minimum absolute atomic E-state index is 0.000957. The number of hydrogen-bond acceptors (Lipinski definition) is 5. The first-order chi connectivity index (χ1) is 16.4. The zero-order valence-electron chi connectivity index (χ0n) is 18.6. The largest absolute Gasteiger partial charge is 0.427 e. The van der Waals surface area contributed by atoms with E-state index < -0.39 is 50.3 Å². The number of nitrogens with one attached hydrogen (secondary N) is 1. The third-order valence-electron chi connectivity index (χ3n) is 5.93. The van der Waals surface area contributed by atoms with Crippen LogP contribution in [0.3, 0.4) is 0 Å². The van der Waals surface area contributed by atoms with Gasteiger partial charge in [0.2, 0.25) is 0 Å². The Labute approximate surface area is 196 Å². The molecule has 1 saturated heterocycles. The van der Waals surface area contributed by atoms with Crippen LogP contribution in [0.25, 0.3) is 5.70 Å². The summed E-state index contributed by atoms with van der Waals surface area (Å²) < 4.78 is 99.4. The SMILES string of the molecule is CN1CC(C(=O)N2CCOCC(F)(F)C2)=CC=C1c1cccc2c1NC(C(F)(F)F)N2CC(F)F. The van der Waals surface area contributed by atoms with Gasteiger partial charge in [0, 0.05) is 37.0 Å². The first kappa shape index (κ1) is 25.1. The van der Waals surface area contributed by atoms with Crippen LogP contribution in [0.15, 0.2) is 35.9 Å². The molecule has 1 aromatic carbocycles. The Hall–Kier alpha value is -2.96. The molecule has 192 valence electrons. The number of anilines is 2. The molecule has 6 nitrogen and oxygen atoms in total. The number of amides is 1. The van der Waals surface area contributed by atoms with Crippen LogP contribution in [-0.4, -0.2) is 86.8 Å². The van der Waals surface area contributed by atoms with Crippen LogP contribution >= 0.6 is 0 Å². The lowest BCUT2D eigenvalue weighted by Crippen LogP contribution is -2.48. The third kappa shape index (κ3) is 5.19. The molecule has 35 heavy (non-hydrogen) atoms. The minimum atomic E-state index is -4.81. The molecule has 1 atom stereocenters. The second kappa shape index (κ2) is 9.25. The molecule has 1 unspecified atom stereocenters. The minimum Gasteiger partial charge on any atom is -0.373 e. The monoisotopic (exact) mass is 508 g/mol. The summed E-state index contributed by atoms with van der Waals surface area (Å²) >= 11 is 0. The van der Waals surface area contributed by atoms with Gasteiger partial charge in [0.1, 0.15) is 6.61 Å². The highest BCUT2D eigenvalue weighted by Gasteiger charge is 2.49. The van der Waals surface area contributed by atoms with Gasteiger partial charge in [0.05, 0.1) is 31.1 Å². The van der Waals surface area contributed by atoms with Gasteiger partial charge in [-0.1, -0.05) is 12.1 Å². The molecule has 1 fully saturated rings. The lowest BCUT2D eigenvalue weighted by molar-refractivity contribution is -0.142. The summed E-state index contributed by atoms with van der Waals surface area (Å²) in [4.78, 5) is 16.1. The summed E-state index contributed by atoms with van der Waals surface area (Å²) in [5.74, 6) is -3.77. The van der Waals surface area contributed by atoms with E-state index in [0.717, 1.165) is 4.90 Å². The molecule has 13 heteroatoms. The van der Waals surface area contributed by atoms with Crippen LogP contribution in [0.4, 0.5) is 42.1 Å². The van der Waals surface area contributed by atoms with E-state index in [-0.39, 0.29) is 36.6 Å². The Morgan fingerprint density at radius 2 is 2.00 bits per heavy atom. The lowest BCUT2D eigenvalue weighted by atomic mass is 10.0. The Balaban J connectivity index is 1.64. The van der Waals surface area contributed by atoms with Crippen molar-refractivity contribution in [2.75, 3.05) is 56.7 Å². The average Bonchev–Trinajstić information content (AvgIpc) is 3.03. The van der Waals surface area contributed by atoms with E-state index in [9.17, 15) is 35.5 Å². The second-order valence-corrected chi connectivity index (χ2v) is 8.57. The number of rotatable bonds is 4. The molecule has 4 rings (SSSR count). The molecule has 0 aliphatic carbocycles. The van der Waals surface area contributed by atoms with Crippen LogP contribution in [-0.2, 0) is 9.53 Å². The summed E-state index contributed by atoms with van der Waals surface area (Å²) in [5, 5.41) is 2.32. The van der Waals surface area contributed by atoms with Gasteiger partial charge < -0.3 is 24.8 Å². The molecule has 0 radical (unpaired) electrons. The van der Waals surface area contributed by atoms with Crippen LogP contribution in [0.2, 0.25) is 0 Å². The van der Waals surface area contributed by atoms with Gasteiger partial charge in [-0.25, -0.2) is 17.6 Å². The Bertz CT molecular complexity index is 1040. The number of allylic oxidation sites excluding steroid dienone is 2. The van der Waals surface area contributed by atoms with Gasteiger partial charge in [-0.15, -0.1) is 0 Å².